The van der Waals surface area contributed by atoms with Crippen LogP contribution >= 0.6 is 0 Å². The average molecular weight is 500 g/mol. The molecule has 0 aromatic carbocycles. The van der Waals surface area contributed by atoms with Crippen LogP contribution in [0, 0.1) is 0 Å². The summed E-state index contributed by atoms with van der Waals surface area (Å²) in [6.45, 7) is 12.3. The molecule has 0 radical (unpaired) electrons. The fourth-order valence-corrected chi connectivity index (χ4v) is 6.20. The molecule has 4 rings (SSSR count). The summed E-state index contributed by atoms with van der Waals surface area (Å²) in [5.41, 5.74) is 1.61. The second-order valence-corrected chi connectivity index (χ2v) is 11.2. The van der Waals surface area contributed by atoms with Crippen LogP contribution in [0.2, 0.25) is 0 Å². The average Bonchev–Trinajstić information content (AvgIpc) is 3.33. The molecule has 1 atom stereocenters. The summed E-state index contributed by atoms with van der Waals surface area (Å²) in [5.74, 6) is 2.95. The van der Waals surface area contributed by atoms with Gasteiger partial charge in [0.15, 0.2) is 11.6 Å². The maximum Gasteiger partial charge on any atom is 0.222 e. The number of anilines is 1. The summed E-state index contributed by atoms with van der Waals surface area (Å²) in [4.78, 5) is 32.7. The minimum absolute atomic E-state index is 0.0789. The van der Waals surface area contributed by atoms with Gasteiger partial charge in [0.1, 0.15) is 11.6 Å². The van der Waals surface area contributed by atoms with Gasteiger partial charge in [-0.1, -0.05) is 13.0 Å². The number of H-pyrrole nitrogens is 1. The predicted molar refractivity (Wildman–Crippen MR) is 139 cm³/mol. The Kier molecular flexibility index (Phi) is 7.66. The zero-order valence-corrected chi connectivity index (χ0v) is 21.4. The van der Waals surface area contributed by atoms with Gasteiger partial charge in [-0.3, -0.25) is 4.79 Å². The van der Waals surface area contributed by atoms with Crippen molar-refractivity contribution in [3.8, 4) is 0 Å². The third kappa shape index (κ3) is 5.46. The van der Waals surface area contributed by atoms with E-state index in [1.165, 1.54) is 0 Å². The van der Waals surface area contributed by atoms with Crippen molar-refractivity contribution in [2.24, 2.45) is 9.36 Å². The van der Waals surface area contributed by atoms with Crippen molar-refractivity contribution in [1.82, 2.24) is 19.9 Å². The van der Waals surface area contributed by atoms with E-state index in [2.05, 4.69) is 32.9 Å². The SMILES string of the molecule is C=Nc1[nH]ccc1/C(=C\C)c1nc(N=S2(=O)CCN(C(=O)CC)CC2)cc(N2CCOC[C@H]2C)n1. The lowest BCUT2D eigenvalue weighted by Crippen LogP contribution is -2.44. The highest BCUT2D eigenvalue weighted by Gasteiger charge is 2.26. The van der Waals surface area contributed by atoms with Crippen molar-refractivity contribution in [2.45, 2.75) is 33.2 Å². The summed E-state index contributed by atoms with van der Waals surface area (Å²) >= 11 is 0. The first-order valence-corrected chi connectivity index (χ1v) is 13.8. The maximum absolute atomic E-state index is 13.6. The number of nitrogens with one attached hydrogen (secondary N) is 1. The van der Waals surface area contributed by atoms with E-state index in [1.54, 1.807) is 17.2 Å². The number of nitrogens with zero attached hydrogens (tertiary/aromatic N) is 6. The Balaban J connectivity index is 1.76. The monoisotopic (exact) mass is 499 g/mol. The molecular weight excluding hydrogens is 466 g/mol. The Morgan fingerprint density at radius 3 is 2.77 bits per heavy atom. The molecule has 0 unspecified atom stereocenters. The molecule has 1 amide bonds. The summed E-state index contributed by atoms with van der Waals surface area (Å²) < 4.78 is 23.9. The lowest BCUT2D eigenvalue weighted by molar-refractivity contribution is -0.130. The van der Waals surface area contributed by atoms with Gasteiger partial charge in [0, 0.05) is 61.0 Å². The summed E-state index contributed by atoms with van der Waals surface area (Å²) in [6.07, 6.45) is 4.17. The van der Waals surface area contributed by atoms with Crippen molar-refractivity contribution in [3.63, 3.8) is 0 Å². The predicted octanol–water partition coefficient (Wildman–Crippen LogP) is 3.17. The lowest BCUT2D eigenvalue weighted by atomic mass is 10.1. The molecule has 4 heterocycles. The molecule has 0 spiro atoms. The maximum atomic E-state index is 13.6. The van der Waals surface area contributed by atoms with E-state index in [-0.39, 0.29) is 11.9 Å². The second kappa shape index (κ2) is 10.7. The number of ether oxygens (including phenoxy) is 1. The van der Waals surface area contributed by atoms with Crippen molar-refractivity contribution >= 4 is 45.4 Å². The summed E-state index contributed by atoms with van der Waals surface area (Å²) in [5, 5.41) is 0. The number of aliphatic imine (C=N–C) groups is 1. The lowest BCUT2D eigenvalue weighted by Gasteiger charge is -2.34. The molecule has 0 saturated carbocycles. The van der Waals surface area contributed by atoms with Gasteiger partial charge in [0.2, 0.25) is 5.91 Å². The van der Waals surface area contributed by atoms with Crippen LogP contribution in [0.4, 0.5) is 17.5 Å². The van der Waals surface area contributed by atoms with Crippen molar-refractivity contribution in [2.75, 3.05) is 49.3 Å². The highest BCUT2D eigenvalue weighted by atomic mass is 32.2. The van der Waals surface area contributed by atoms with E-state index in [0.29, 0.717) is 74.1 Å². The molecule has 35 heavy (non-hydrogen) atoms. The molecule has 2 aliphatic rings. The van der Waals surface area contributed by atoms with Crippen LogP contribution in [0.15, 0.2) is 33.8 Å². The van der Waals surface area contributed by atoms with Gasteiger partial charge < -0.3 is 19.5 Å². The number of allylic oxidation sites excluding steroid dienone is 1. The smallest absolute Gasteiger partial charge is 0.222 e. The zero-order valence-electron chi connectivity index (χ0n) is 20.6. The molecule has 2 aromatic rings. The molecule has 2 saturated heterocycles. The van der Waals surface area contributed by atoms with Gasteiger partial charge >= 0.3 is 0 Å². The third-order valence-electron chi connectivity index (χ3n) is 6.34. The highest BCUT2D eigenvalue weighted by Crippen LogP contribution is 2.32. The van der Waals surface area contributed by atoms with Crippen LogP contribution < -0.4 is 4.90 Å². The van der Waals surface area contributed by atoms with Crippen LogP contribution in [0.1, 0.15) is 38.6 Å². The van der Waals surface area contributed by atoms with Crippen LogP contribution in [0.25, 0.3) is 5.57 Å². The van der Waals surface area contributed by atoms with Gasteiger partial charge in [-0.15, -0.1) is 0 Å². The number of hydrogen-bond donors (Lipinski definition) is 1. The standard InChI is InChI=1S/C24H33N7O3S/c1-5-18(19-7-8-26-23(19)25-4)24-27-20(15-21(28-24)31-9-12-34-16-17(31)3)29-35(33)13-10-30(11-14-35)22(32)6-2/h5,7-8,15,17,26H,4,6,9-14,16H2,1-3H3/b18-5+/t17-/m1/s1. The Morgan fingerprint density at radius 2 is 2.11 bits per heavy atom. The van der Waals surface area contributed by atoms with E-state index < -0.39 is 9.73 Å². The van der Waals surface area contributed by atoms with Gasteiger partial charge in [-0.05, 0) is 26.6 Å². The molecule has 10 nitrogen and oxygen atoms in total. The normalized spacial score (nSPS) is 20.5. The number of hydrogen-bond acceptors (Lipinski definition) is 8. The molecule has 1 N–H and O–H groups in total. The molecular formula is C24H33N7O3S. The molecule has 188 valence electrons. The molecule has 2 aromatic heterocycles. The Morgan fingerprint density at radius 1 is 1.34 bits per heavy atom. The Labute approximate surface area is 206 Å². The van der Waals surface area contributed by atoms with Crippen LogP contribution in [0.5, 0.6) is 0 Å². The van der Waals surface area contributed by atoms with Gasteiger partial charge in [0.05, 0.1) is 29.0 Å². The Bertz CT molecular complexity index is 1230. The minimum atomic E-state index is -2.55. The molecule has 0 aliphatic carbocycles. The molecule has 0 bridgehead atoms. The largest absolute Gasteiger partial charge is 0.377 e. The van der Waals surface area contributed by atoms with E-state index in [9.17, 15) is 9.00 Å². The number of carbonyl (C=O) groups excluding carboxylic acids is 1. The number of morpholine rings is 1. The van der Waals surface area contributed by atoms with Crippen LogP contribution in [0.3, 0.4) is 0 Å². The van der Waals surface area contributed by atoms with Crippen LogP contribution in [-0.4, -0.2) is 87.1 Å². The number of aromatic nitrogens is 3. The molecule has 2 fully saturated rings. The fraction of sp³-hybridized carbons (Fsp3) is 0.500. The van der Waals surface area contributed by atoms with E-state index in [1.807, 2.05) is 26.0 Å². The summed E-state index contributed by atoms with van der Waals surface area (Å²) in [6, 6.07) is 3.84. The topological polar surface area (TPSA) is 116 Å². The second-order valence-electron chi connectivity index (χ2n) is 8.63. The number of rotatable bonds is 6. The first-order valence-electron chi connectivity index (χ1n) is 11.9. The molecule has 2 aliphatic heterocycles. The van der Waals surface area contributed by atoms with Crippen molar-refractivity contribution in [1.29, 1.82) is 0 Å². The fourth-order valence-electron chi connectivity index (χ4n) is 4.37. The minimum Gasteiger partial charge on any atom is -0.377 e. The quantitative estimate of drug-likeness (QED) is 0.611. The van der Waals surface area contributed by atoms with Gasteiger partial charge in [-0.2, -0.15) is 4.36 Å². The van der Waals surface area contributed by atoms with Gasteiger partial charge in [0.25, 0.3) is 0 Å². The highest BCUT2D eigenvalue weighted by molar-refractivity contribution is 7.93. The first kappa shape index (κ1) is 25.1. The zero-order chi connectivity index (χ0) is 25.0. The van der Waals surface area contributed by atoms with E-state index in [0.717, 1.165) is 11.1 Å². The van der Waals surface area contributed by atoms with E-state index >= 15 is 0 Å². The van der Waals surface area contributed by atoms with Crippen molar-refractivity contribution in [3.05, 3.63) is 35.8 Å². The Hall–Kier alpha value is -3.05. The molecule has 11 heteroatoms. The van der Waals surface area contributed by atoms with Crippen LogP contribution in [-0.2, 0) is 19.3 Å². The number of amides is 1. The number of aromatic amines is 1. The summed E-state index contributed by atoms with van der Waals surface area (Å²) in [7, 11) is -2.55. The third-order valence-corrected chi connectivity index (χ3v) is 8.50. The first-order chi connectivity index (χ1) is 16.9. The number of carbonyl (C=O) groups is 1. The van der Waals surface area contributed by atoms with E-state index in [4.69, 9.17) is 14.7 Å². The van der Waals surface area contributed by atoms with Gasteiger partial charge in [-0.25, -0.2) is 19.2 Å². The van der Waals surface area contributed by atoms with Crippen molar-refractivity contribution < 1.29 is 13.7 Å².